The Hall–Kier alpha value is -1.56. The maximum absolute atomic E-state index is 12.3. The normalized spacial score (nSPS) is 11.6. The Bertz CT molecular complexity index is 474. The van der Waals surface area contributed by atoms with Crippen molar-refractivity contribution in [3.8, 4) is 0 Å². The van der Waals surface area contributed by atoms with Gasteiger partial charge in [0.25, 0.3) is 0 Å². The zero-order valence-corrected chi connectivity index (χ0v) is 13.3. The second kappa shape index (κ2) is 6.26. The van der Waals surface area contributed by atoms with Gasteiger partial charge in [0.1, 0.15) is 0 Å². The molecule has 0 bridgehead atoms. The van der Waals surface area contributed by atoms with Crippen molar-refractivity contribution in [2.24, 2.45) is 0 Å². The number of aryl methyl sites for hydroxylation is 2. The van der Waals surface area contributed by atoms with Crippen molar-refractivity contribution >= 4 is 11.7 Å². The number of hydrogen-bond acceptors (Lipinski definition) is 3. The molecule has 0 aliphatic carbocycles. The van der Waals surface area contributed by atoms with Crippen LogP contribution >= 0.6 is 0 Å². The maximum Gasteiger partial charge on any atom is 0.322 e. The minimum Gasteiger partial charge on any atom is -0.389 e. The lowest BCUT2D eigenvalue weighted by Gasteiger charge is -2.28. The second-order valence-corrected chi connectivity index (χ2v) is 5.62. The van der Waals surface area contributed by atoms with Crippen LogP contribution in [-0.4, -0.2) is 44.5 Å². The summed E-state index contributed by atoms with van der Waals surface area (Å²) >= 11 is 0. The van der Waals surface area contributed by atoms with Gasteiger partial charge in [-0.3, -0.25) is 4.68 Å². The summed E-state index contributed by atoms with van der Waals surface area (Å²) < 4.78 is 1.86. The first-order chi connectivity index (χ1) is 9.19. The Kier molecular flexibility index (Phi) is 5.16. The monoisotopic (exact) mass is 282 g/mol. The fraction of sp³-hybridized carbons (Fsp3) is 0.714. The van der Waals surface area contributed by atoms with Crippen LogP contribution in [0.4, 0.5) is 10.5 Å². The van der Waals surface area contributed by atoms with E-state index >= 15 is 0 Å². The van der Waals surface area contributed by atoms with E-state index in [4.69, 9.17) is 0 Å². The van der Waals surface area contributed by atoms with E-state index in [-0.39, 0.29) is 12.6 Å². The molecule has 2 N–H and O–H groups in total. The number of amides is 2. The lowest BCUT2D eigenvalue weighted by Crippen LogP contribution is -2.44. The predicted octanol–water partition coefficient (Wildman–Crippen LogP) is 2.14. The molecule has 1 aromatic heterocycles. The van der Waals surface area contributed by atoms with Gasteiger partial charge in [0.2, 0.25) is 0 Å². The summed E-state index contributed by atoms with van der Waals surface area (Å²) in [7, 11) is 0. The minimum absolute atomic E-state index is 0.212. The number of hydrogen-bond donors (Lipinski definition) is 2. The van der Waals surface area contributed by atoms with Crippen LogP contribution in [0.1, 0.15) is 39.1 Å². The smallest absolute Gasteiger partial charge is 0.322 e. The number of likely N-dealkylation sites (N-methyl/N-ethyl adjacent to an activating group) is 1. The Morgan fingerprint density at radius 2 is 2.00 bits per heavy atom. The summed E-state index contributed by atoms with van der Waals surface area (Å²) in [4.78, 5) is 13.9. The molecule has 0 spiro atoms. The number of carbonyl (C=O) groups excluding carboxylic acids is 1. The number of nitrogens with zero attached hydrogens (tertiary/aromatic N) is 3. The number of aliphatic hydroxyl groups is 1. The molecular weight excluding hydrogens is 256 g/mol. The summed E-state index contributed by atoms with van der Waals surface area (Å²) in [6, 6.07) is -0.212. The van der Waals surface area contributed by atoms with Crippen molar-refractivity contribution < 1.29 is 9.90 Å². The number of anilines is 1. The fourth-order valence-corrected chi connectivity index (χ4v) is 2.17. The second-order valence-electron chi connectivity index (χ2n) is 5.62. The zero-order chi connectivity index (χ0) is 15.5. The Morgan fingerprint density at radius 1 is 1.40 bits per heavy atom. The van der Waals surface area contributed by atoms with Gasteiger partial charge in [-0.05, 0) is 41.5 Å². The van der Waals surface area contributed by atoms with Gasteiger partial charge in [0.05, 0.1) is 29.2 Å². The molecule has 0 fully saturated rings. The third-order valence-electron chi connectivity index (χ3n) is 3.16. The van der Waals surface area contributed by atoms with Crippen molar-refractivity contribution in [1.29, 1.82) is 0 Å². The quantitative estimate of drug-likeness (QED) is 0.869. The van der Waals surface area contributed by atoms with E-state index in [0.29, 0.717) is 6.54 Å². The first-order valence-electron chi connectivity index (χ1n) is 7.02. The van der Waals surface area contributed by atoms with Crippen molar-refractivity contribution in [2.75, 3.05) is 18.4 Å². The molecule has 6 heteroatoms. The van der Waals surface area contributed by atoms with E-state index in [0.717, 1.165) is 23.6 Å². The molecule has 0 atom stereocenters. The topological polar surface area (TPSA) is 70.4 Å². The van der Waals surface area contributed by atoms with Crippen molar-refractivity contribution in [2.45, 2.75) is 53.7 Å². The average Bonchev–Trinajstić information content (AvgIpc) is 2.62. The molecule has 0 radical (unpaired) electrons. The van der Waals surface area contributed by atoms with E-state index in [1.54, 1.807) is 18.7 Å². The van der Waals surface area contributed by atoms with Gasteiger partial charge in [0, 0.05) is 13.1 Å². The van der Waals surface area contributed by atoms with Crippen LogP contribution in [0.5, 0.6) is 0 Å². The number of nitrogens with one attached hydrogen (secondary N) is 1. The number of aromatic nitrogens is 2. The molecule has 1 rings (SSSR count). The van der Waals surface area contributed by atoms with Crippen molar-refractivity contribution in [3.05, 3.63) is 11.4 Å². The molecule has 0 unspecified atom stereocenters. The summed E-state index contributed by atoms with van der Waals surface area (Å²) in [6.07, 6.45) is 0. The summed E-state index contributed by atoms with van der Waals surface area (Å²) in [6.45, 7) is 12.7. The Morgan fingerprint density at radius 3 is 2.40 bits per heavy atom. The van der Waals surface area contributed by atoms with Gasteiger partial charge in [-0.2, -0.15) is 5.10 Å². The predicted molar refractivity (Wildman–Crippen MR) is 79.9 cm³/mol. The SMILES string of the molecule is CCN(CC(C)(C)O)C(=O)Nc1c(C)nn(CC)c1C. The van der Waals surface area contributed by atoms with Crippen LogP contribution in [0.2, 0.25) is 0 Å². The molecule has 0 saturated heterocycles. The third-order valence-corrected chi connectivity index (χ3v) is 3.16. The standard InChI is InChI=1S/C14H26N4O2/c1-7-17(9-14(5,6)20)13(19)15-12-10(3)16-18(8-2)11(12)4/h20H,7-9H2,1-6H3,(H,15,19). The van der Waals surface area contributed by atoms with Crippen LogP contribution in [-0.2, 0) is 6.54 Å². The third kappa shape index (κ3) is 3.96. The minimum atomic E-state index is -0.912. The van der Waals surface area contributed by atoms with Crippen molar-refractivity contribution in [1.82, 2.24) is 14.7 Å². The van der Waals surface area contributed by atoms with E-state index < -0.39 is 5.60 Å². The Balaban J connectivity index is 2.86. The molecule has 114 valence electrons. The van der Waals surface area contributed by atoms with Gasteiger partial charge in [-0.1, -0.05) is 0 Å². The summed E-state index contributed by atoms with van der Waals surface area (Å²) in [5, 5.41) is 17.1. The van der Waals surface area contributed by atoms with E-state index in [1.165, 1.54) is 0 Å². The molecule has 0 aromatic carbocycles. The van der Waals surface area contributed by atoms with Crippen LogP contribution < -0.4 is 5.32 Å². The molecule has 2 amide bonds. The number of carbonyl (C=O) groups is 1. The summed E-state index contributed by atoms with van der Waals surface area (Å²) in [5.41, 5.74) is 1.59. The molecule has 1 aromatic rings. The first kappa shape index (κ1) is 16.5. The van der Waals surface area contributed by atoms with Crippen LogP contribution in [0.15, 0.2) is 0 Å². The number of rotatable bonds is 5. The zero-order valence-electron chi connectivity index (χ0n) is 13.3. The average molecular weight is 282 g/mol. The molecule has 0 aliphatic heterocycles. The van der Waals surface area contributed by atoms with Gasteiger partial charge in [0.15, 0.2) is 0 Å². The Labute approximate surface area is 120 Å². The van der Waals surface area contributed by atoms with Crippen LogP contribution in [0, 0.1) is 13.8 Å². The van der Waals surface area contributed by atoms with E-state index in [2.05, 4.69) is 10.4 Å². The fourth-order valence-electron chi connectivity index (χ4n) is 2.17. The van der Waals surface area contributed by atoms with E-state index in [1.807, 2.05) is 32.4 Å². The van der Waals surface area contributed by atoms with Gasteiger partial charge < -0.3 is 15.3 Å². The largest absolute Gasteiger partial charge is 0.389 e. The molecule has 20 heavy (non-hydrogen) atoms. The van der Waals surface area contributed by atoms with E-state index in [9.17, 15) is 9.90 Å². The molecule has 1 heterocycles. The molecule has 0 aliphatic rings. The van der Waals surface area contributed by atoms with Crippen molar-refractivity contribution in [3.63, 3.8) is 0 Å². The van der Waals surface area contributed by atoms with Gasteiger partial charge in [-0.25, -0.2) is 4.79 Å². The highest BCUT2D eigenvalue weighted by molar-refractivity contribution is 5.90. The molecular formula is C14H26N4O2. The first-order valence-corrected chi connectivity index (χ1v) is 7.02. The van der Waals surface area contributed by atoms with Crippen LogP contribution in [0.3, 0.4) is 0 Å². The molecule has 6 nitrogen and oxygen atoms in total. The summed E-state index contributed by atoms with van der Waals surface area (Å²) in [5.74, 6) is 0. The highest BCUT2D eigenvalue weighted by Crippen LogP contribution is 2.20. The molecule has 0 saturated carbocycles. The maximum atomic E-state index is 12.3. The van der Waals surface area contributed by atoms with Gasteiger partial charge in [-0.15, -0.1) is 0 Å². The highest BCUT2D eigenvalue weighted by Gasteiger charge is 2.23. The lowest BCUT2D eigenvalue weighted by atomic mass is 10.1. The lowest BCUT2D eigenvalue weighted by molar-refractivity contribution is 0.0501. The highest BCUT2D eigenvalue weighted by atomic mass is 16.3. The number of urea groups is 1. The van der Waals surface area contributed by atoms with Crippen LogP contribution in [0.25, 0.3) is 0 Å². The van der Waals surface area contributed by atoms with Gasteiger partial charge >= 0.3 is 6.03 Å².